The number of halogens is 6. The lowest BCUT2D eigenvalue weighted by molar-refractivity contribution is -0.192. The molecule has 16 heteroatoms. The monoisotopic (exact) mass is 555 g/mol. The number of carbonyl (C=O) groups excluding carboxylic acids is 2. The summed E-state index contributed by atoms with van der Waals surface area (Å²) in [6, 6.07) is 0.979. The molecule has 3 saturated heterocycles. The predicted octanol–water partition coefficient (Wildman–Crippen LogP) is 2.08. The Labute approximate surface area is 213 Å². The van der Waals surface area contributed by atoms with Crippen LogP contribution in [0.4, 0.5) is 32.2 Å². The molecular weight excluding hydrogens is 528 g/mol. The summed E-state index contributed by atoms with van der Waals surface area (Å²) in [5.41, 5.74) is 4.39. The smallest absolute Gasteiger partial charge is 0.475 e. The Morgan fingerprint density at radius 1 is 1.05 bits per heavy atom. The molecule has 1 aromatic rings. The van der Waals surface area contributed by atoms with Crippen LogP contribution in [-0.2, 0) is 25.3 Å². The SMILES string of the molecule is NC(=O)C1CCN(C(=O)C[C@@H]2OC[C@H]3CN(c4cc(C(F)(F)F)ncn4)CC[C@H]32)CC1.O=C(O)C(F)(F)F. The number of aromatic nitrogens is 2. The zero-order chi connectivity index (χ0) is 28.3. The zero-order valence-corrected chi connectivity index (χ0v) is 20.0. The molecular formula is C22H27F6N5O5. The number of hydrogen-bond acceptors (Lipinski definition) is 7. The fourth-order valence-electron chi connectivity index (χ4n) is 4.89. The molecule has 0 spiro atoms. The summed E-state index contributed by atoms with van der Waals surface area (Å²) in [5.74, 6) is -2.64. The molecule has 3 N–H and O–H groups in total. The highest BCUT2D eigenvalue weighted by atomic mass is 19.4. The van der Waals surface area contributed by atoms with Gasteiger partial charge in [0.2, 0.25) is 11.8 Å². The molecule has 3 aliphatic rings. The number of fused-ring (bicyclic) bond motifs is 1. The average Bonchev–Trinajstić information content (AvgIpc) is 3.25. The topological polar surface area (TPSA) is 139 Å². The third kappa shape index (κ3) is 7.45. The maximum Gasteiger partial charge on any atom is 0.490 e. The molecule has 3 aliphatic heterocycles. The highest BCUT2D eigenvalue weighted by Crippen LogP contribution is 2.38. The first-order chi connectivity index (χ1) is 17.7. The van der Waals surface area contributed by atoms with Crippen molar-refractivity contribution in [3.63, 3.8) is 0 Å². The summed E-state index contributed by atoms with van der Waals surface area (Å²) in [7, 11) is 0. The van der Waals surface area contributed by atoms with Crippen molar-refractivity contribution in [1.82, 2.24) is 14.9 Å². The van der Waals surface area contributed by atoms with Gasteiger partial charge in [0.1, 0.15) is 17.8 Å². The van der Waals surface area contributed by atoms with Crippen molar-refractivity contribution >= 4 is 23.6 Å². The van der Waals surface area contributed by atoms with Crippen molar-refractivity contribution in [2.45, 2.75) is 44.1 Å². The summed E-state index contributed by atoms with van der Waals surface area (Å²) in [6.07, 6.45) is -6.66. The van der Waals surface area contributed by atoms with Crippen molar-refractivity contribution < 1.29 is 50.6 Å². The lowest BCUT2D eigenvalue weighted by Gasteiger charge is -2.37. The van der Waals surface area contributed by atoms with Gasteiger partial charge in [-0.2, -0.15) is 26.3 Å². The van der Waals surface area contributed by atoms with Crippen LogP contribution in [0.5, 0.6) is 0 Å². The minimum Gasteiger partial charge on any atom is -0.475 e. The second kappa shape index (κ2) is 11.7. The van der Waals surface area contributed by atoms with Gasteiger partial charge in [0, 0.05) is 44.1 Å². The first-order valence-electron chi connectivity index (χ1n) is 11.8. The third-order valence-corrected chi connectivity index (χ3v) is 6.93. The lowest BCUT2D eigenvalue weighted by Crippen LogP contribution is -2.45. The number of amides is 2. The van der Waals surface area contributed by atoms with E-state index in [1.54, 1.807) is 4.90 Å². The van der Waals surface area contributed by atoms with Crippen LogP contribution in [0, 0.1) is 17.8 Å². The highest BCUT2D eigenvalue weighted by molar-refractivity contribution is 5.79. The Morgan fingerprint density at radius 2 is 1.68 bits per heavy atom. The molecule has 0 bridgehead atoms. The van der Waals surface area contributed by atoms with Crippen LogP contribution < -0.4 is 10.6 Å². The molecule has 0 aliphatic carbocycles. The summed E-state index contributed by atoms with van der Waals surface area (Å²) in [6.45, 7) is 2.61. The van der Waals surface area contributed by atoms with Gasteiger partial charge in [0.15, 0.2) is 0 Å². The van der Waals surface area contributed by atoms with Crippen molar-refractivity contribution in [1.29, 1.82) is 0 Å². The Balaban J connectivity index is 0.000000505. The summed E-state index contributed by atoms with van der Waals surface area (Å²) in [5, 5.41) is 7.12. The van der Waals surface area contributed by atoms with Gasteiger partial charge in [-0.05, 0) is 25.2 Å². The van der Waals surface area contributed by atoms with E-state index in [1.807, 2.05) is 4.90 Å². The van der Waals surface area contributed by atoms with E-state index < -0.39 is 24.0 Å². The Morgan fingerprint density at radius 3 is 2.24 bits per heavy atom. The molecule has 0 saturated carbocycles. The number of hydrogen-bond donors (Lipinski definition) is 2. The minimum absolute atomic E-state index is 0.0154. The Bertz CT molecular complexity index is 1020. The van der Waals surface area contributed by atoms with Gasteiger partial charge in [-0.15, -0.1) is 0 Å². The second-order valence-corrected chi connectivity index (χ2v) is 9.35. The number of rotatable bonds is 4. The van der Waals surface area contributed by atoms with Gasteiger partial charge in [-0.1, -0.05) is 0 Å². The van der Waals surface area contributed by atoms with Gasteiger partial charge in [-0.3, -0.25) is 9.59 Å². The largest absolute Gasteiger partial charge is 0.490 e. The maximum atomic E-state index is 12.9. The van der Waals surface area contributed by atoms with Gasteiger partial charge < -0.3 is 25.4 Å². The molecule has 1 aromatic heterocycles. The van der Waals surface area contributed by atoms with E-state index in [-0.39, 0.29) is 47.9 Å². The van der Waals surface area contributed by atoms with E-state index >= 15 is 0 Å². The van der Waals surface area contributed by atoms with Crippen molar-refractivity contribution in [2.24, 2.45) is 23.5 Å². The van der Waals surface area contributed by atoms with Gasteiger partial charge in [0.25, 0.3) is 0 Å². The fourth-order valence-corrected chi connectivity index (χ4v) is 4.89. The van der Waals surface area contributed by atoms with Crippen LogP contribution in [0.15, 0.2) is 12.4 Å². The molecule has 4 heterocycles. The molecule has 3 fully saturated rings. The van der Waals surface area contributed by atoms with Gasteiger partial charge in [-0.25, -0.2) is 14.8 Å². The van der Waals surface area contributed by atoms with E-state index in [0.29, 0.717) is 45.6 Å². The lowest BCUT2D eigenvalue weighted by atomic mass is 9.83. The molecule has 38 heavy (non-hydrogen) atoms. The number of primary amides is 1. The van der Waals surface area contributed by atoms with Crippen LogP contribution in [0.25, 0.3) is 0 Å². The molecule has 0 aromatic carbocycles. The highest BCUT2D eigenvalue weighted by Gasteiger charge is 2.43. The normalized spacial score (nSPS) is 24.3. The third-order valence-electron chi connectivity index (χ3n) is 6.93. The van der Waals surface area contributed by atoms with Crippen LogP contribution in [0.1, 0.15) is 31.4 Å². The Hall–Kier alpha value is -3.17. The average molecular weight is 555 g/mol. The Kier molecular flexibility index (Phi) is 9.05. The fraction of sp³-hybridized carbons (Fsp3) is 0.682. The number of piperidine rings is 2. The van der Waals surface area contributed by atoms with E-state index in [9.17, 15) is 35.9 Å². The number of ether oxygens (including phenoxy) is 1. The van der Waals surface area contributed by atoms with Crippen molar-refractivity contribution in [2.75, 3.05) is 37.7 Å². The molecule has 0 unspecified atom stereocenters. The standard InChI is InChI=1S/C20H26F3N5O3.C2HF3O2/c21-20(22,23)16-8-17(26-11-25-16)28-6-3-14-13(9-28)10-31-15(14)7-18(29)27-4-1-12(2-5-27)19(24)30;3-2(4,5)1(6)7/h8,11-15H,1-7,9-10H2,(H2,24,30);(H,6,7)/t13-,14-,15+;/m1./s1. The zero-order valence-electron chi connectivity index (χ0n) is 20.0. The summed E-state index contributed by atoms with van der Waals surface area (Å²) in [4.78, 5) is 43.8. The van der Waals surface area contributed by atoms with Crippen LogP contribution in [0.2, 0.25) is 0 Å². The number of carboxylic acids is 1. The summed E-state index contributed by atoms with van der Waals surface area (Å²) >= 11 is 0. The summed E-state index contributed by atoms with van der Waals surface area (Å²) < 4.78 is 76.5. The molecule has 2 amide bonds. The molecule has 4 rings (SSSR count). The van der Waals surface area contributed by atoms with Crippen molar-refractivity contribution in [3.05, 3.63) is 18.1 Å². The van der Waals surface area contributed by atoms with E-state index in [2.05, 4.69) is 9.97 Å². The van der Waals surface area contributed by atoms with Crippen LogP contribution >= 0.6 is 0 Å². The quantitative estimate of drug-likeness (QED) is 0.539. The van der Waals surface area contributed by atoms with E-state index in [1.165, 1.54) is 0 Å². The number of carboxylic acid groups (broad SMARTS) is 1. The van der Waals surface area contributed by atoms with Gasteiger partial charge >= 0.3 is 18.3 Å². The number of anilines is 1. The number of likely N-dealkylation sites (tertiary alicyclic amines) is 1. The molecule has 10 nitrogen and oxygen atoms in total. The van der Waals surface area contributed by atoms with E-state index in [0.717, 1.165) is 18.8 Å². The van der Waals surface area contributed by atoms with Crippen LogP contribution in [-0.4, -0.2) is 82.8 Å². The number of aliphatic carboxylic acids is 1. The van der Waals surface area contributed by atoms with Crippen LogP contribution in [0.3, 0.4) is 0 Å². The predicted molar refractivity (Wildman–Crippen MR) is 117 cm³/mol. The molecule has 212 valence electrons. The number of nitrogens with zero attached hydrogens (tertiary/aromatic N) is 4. The van der Waals surface area contributed by atoms with Gasteiger partial charge in [0.05, 0.1) is 19.1 Å². The van der Waals surface area contributed by atoms with Crippen molar-refractivity contribution in [3.8, 4) is 0 Å². The number of carbonyl (C=O) groups is 3. The second-order valence-electron chi connectivity index (χ2n) is 9.35. The van der Waals surface area contributed by atoms with E-state index in [4.69, 9.17) is 20.4 Å². The molecule has 0 radical (unpaired) electrons. The first-order valence-corrected chi connectivity index (χ1v) is 11.8. The first kappa shape index (κ1) is 29.4. The maximum absolute atomic E-state index is 12.9. The number of nitrogens with two attached hydrogens (primary N) is 1. The minimum atomic E-state index is -5.08. The number of alkyl halides is 6. The molecule has 3 atom stereocenters.